The van der Waals surface area contributed by atoms with Crippen molar-refractivity contribution in [2.75, 3.05) is 0 Å². The van der Waals surface area contributed by atoms with Crippen LogP contribution in [0.15, 0.2) is 0 Å². The minimum absolute atomic E-state index is 0.274. The Morgan fingerprint density at radius 2 is 1.80 bits per heavy atom. The standard InChI is InChI=1S/C13H23NO/c1-4-13(2,3)14-10-6-5-7-11(14)9-12(15)8-10/h10-11H,4-9H2,1-3H3. The zero-order valence-corrected chi connectivity index (χ0v) is 10.3. The van der Waals surface area contributed by atoms with Gasteiger partial charge in [-0.25, -0.2) is 0 Å². The molecule has 0 aromatic heterocycles. The molecule has 2 bridgehead atoms. The van der Waals surface area contributed by atoms with E-state index in [0.717, 1.165) is 12.8 Å². The van der Waals surface area contributed by atoms with Crippen LogP contribution in [0.5, 0.6) is 0 Å². The van der Waals surface area contributed by atoms with E-state index in [-0.39, 0.29) is 5.54 Å². The minimum Gasteiger partial charge on any atom is -0.300 e. The molecule has 2 fully saturated rings. The van der Waals surface area contributed by atoms with Gasteiger partial charge in [-0.15, -0.1) is 0 Å². The Kier molecular flexibility index (Phi) is 2.89. The Balaban J connectivity index is 2.21. The summed E-state index contributed by atoms with van der Waals surface area (Å²) in [5, 5.41) is 0. The summed E-state index contributed by atoms with van der Waals surface area (Å²) in [6, 6.07) is 1.08. The quantitative estimate of drug-likeness (QED) is 0.697. The Labute approximate surface area is 93.0 Å². The van der Waals surface area contributed by atoms with Crippen molar-refractivity contribution in [3.05, 3.63) is 0 Å². The maximum Gasteiger partial charge on any atom is 0.136 e. The highest BCUT2D eigenvalue weighted by atomic mass is 16.1. The zero-order valence-electron chi connectivity index (χ0n) is 10.3. The van der Waals surface area contributed by atoms with Gasteiger partial charge in [0.15, 0.2) is 0 Å². The predicted molar refractivity (Wildman–Crippen MR) is 61.9 cm³/mol. The first-order valence-corrected chi connectivity index (χ1v) is 6.34. The lowest BCUT2D eigenvalue weighted by molar-refractivity contribution is -0.131. The van der Waals surface area contributed by atoms with Crippen molar-refractivity contribution < 1.29 is 4.79 Å². The summed E-state index contributed by atoms with van der Waals surface area (Å²) in [7, 11) is 0. The third-order valence-electron chi connectivity index (χ3n) is 4.35. The van der Waals surface area contributed by atoms with Gasteiger partial charge in [-0.05, 0) is 33.1 Å². The summed E-state index contributed by atoms with van der Waals surface area (Å²) >= 11 is 0. The lowest BCUT2D eigenvalue weighted by atomic mass is 9.79. The van der Waals surface area contributed by atoms with E-state index in [1.54, 1.807) is 0 Å². The smallest absolute Gasteiger partial charge is 0.136 e. The molecule has 2 nitrogen and oxygen atoms in total. The molecule has 2 atom stereocenters. The molecule has 2 saturated heterocycles. The van der Waals surface area contributed by atoms with E-state index in [1.807, 2.05) is 0 Å². The van der Waals surface area contributed by atoms with Crippen LogP contribution in [0.3, 0.4) is 0 Å². The summed E-state index contributed by atoms with van der Waals surface area (Å²) in [5.74, 6) is 0.493. The fraction of sp³-hybridized carbons (Fsp3) is 0.923. The second kappa shape index (κ2) is 3.89. The molecule has 0 spiro atoms. The van der Waals surface area contributed by atoms with Gasteiger partial charge < -0.3 is 0 Å². The highest BCUT2D eigenvalue weighted by Gasteiger charge is 2.43. The third-order valence-corrected chi connectivity index (χ3v) is 4.35. The predicted octanol–water partition coefficient (Wildman–Crippen LogP) is 2.76. The molecule has 2 heterocycles. The van der Waals surface area contributed by atoms with Crippen molar-refractivity contribution in [2.24, 2.45) is 0 Å². The molecule has 2 heteroatoms. The molecule has 0 N–H and O–H groups in total. The molecule has 2 aliphatic heterocycles. The molecule has 0 aliphatic carbocycles. The number of nitrogens with zero attached hydrogens (tertiary/aromatic N) is 1. The number of Topliss-reactive ketones (excluding diaryl/α,β-unsaturated/α-hetero) is 1. The zero-order chi connectivity index (χ0) is 11.1. The summed E-state index contributed by atoms with van der Waals surface area (Å²) < 4.78 is 0. The van der Waals surface area contributed by atoms with Gasteiger partial charge in [0.1, 0.15) is 5.78 Å². The van der Waals surface area contributed by atoms with Gasteiger partial charge in [-0.1, -0.05) is 13.3 Å². The summed E-state index contributed by atoms with van der Waals surface area (Å²) in [5.41, 5.74) is 0.274. The third kappa shape index (κ3) is 1.96. The SMILES string of the molecule is CCC(C)(C)N1C2CCCC1CC(=O)C2. The van der Waals surface area contributed by atoms with Gasteiger partial charge >= 0.3 is 0 Å². The monoisotopic (exact) mass is 209 g/mol. The van der Waals surface area contributed by atoms with E-state index in [9.17, 15) is 4.79 Å². The van der Waals surface area contributed by atoms with Gasteiger partial charge in [0.2, 0.25) is 0 Å². The molecule has 0 radical (unpaired) electrons. The number of fused-ring (bicyclic) bond motifs is 2. The molecule has 2 aliphatic rings. The fourth-order valence-corrected chi connectivity index (χ4v) is 3.35. The van der Waals surface area contributed by atoms with E-state index in [0.29, 0.717) is 17.9 Å². The lowest BCUT2D eigenvalue weighted by Crippen LogP contribution is -2.60. The van der Waals surface area contributed by atoms with Crippen LogP contribution in [0.25, 0.3) is 0 Å². The number of carbonyl (C=O) groups is 1. The summed E-state index contributed by atoms with van der Waals surface area (Å²) in [4.78, 5) is 14.3. The van der Waals surface area contributed by atoms with Crippen molar-refractivity contribution in [3.63, 3.8) is 0 Å². The van der Waals surface area contributed by atoms with E-state index < -0.39 is 0 Å². The van der Waals surface area contributed by atoms with Crippen LogP contribution in [-0.2, 0) is 4.79 Å². The number of ketones is 1. The summed E-state index contributed by atoms with van der Waals surface area (Å²) in [6.07, 6.45) is 6.56. The highest BCUT2D eigenvalue weighted by Crippen LogP contribution is 2.38. The van der Waals surface area contributed by atoms with E-state index in [1.165, 1.54) is 25.7 Å². The number of piperidine rings is 2. The molecule has 2 rings (SSSR count). The van der Waals surface area contributed by atoms with E-state index >= 15 is 0 Å². The first-order chi connectivity index (χ1) is 7.04. The molecule has 0 saturated carbocycles. The molecule has 0 aromatic carbocycles. The van der Waals surface area contributed by atoms with Gasteiger partial charge in [-0.3, -0.25) is 9.69 Å². The maximum absolute atomic E-state index is 11.6. The highest BCUT2D eigenvalue weighted by molar-refractivity contribution is 5.80. The van der Waals surface area contributed by atoms with Crippen LogP contribution < -0.4 is 0 Å². The Bertz CT molecular complexity index is 243. The first kappa shape index (κ1) is 11.1. The van der Waals surface area contributed by atoms with Crippen molar-refractivity contribution in [1.29, 1.82) is 0 Å². The Morgan fingerprint density at radius 3 is 2.27 bits per heavy atom. The van der Waals surface area contributed by atoms with Crippen LogP contribution in [0.2, 0.25) is 0 Å². The number of carbonyl (C=O) groups excluding carboxylic acids is 1. The largest absolute Gasteiger partial charge is 0.300 e. The average Bonchev–Trinajstić information content (AvgIpc) is 2.16. The molecule has 2 unspecified atom stereocenters. The van der Waals surface area contributed by atoms with E-state index in [4.69, 9.17) is 0 Å². The number of hydrogen-bond acceptors (Lipinski definition) is 2. The Morgan fingerprint density at radius 1 is 1.27 bits per heavy atom. The van der Waals surface area contributed by atoms with Gasteiger partial charge in [-0.2, -0.15) is 0 Å². The molecule has 15 heavy (non-hydrogen) atoms. The number of hydrogen-bond donors (Lipinski definition) is 0. The van der Waals surface area contributed by atoms with Gasteiger partial charge in [0.05, 0.1) is 0 Å². The molecule has 0 amide bonds. The van der Waals surface area contributed by atoms with E-state index in [2.05, 4.69) is 25.7 Å². The molecular weight excluding hydrogens is 186 g/mol. The topological polar surface area (TPSA) is 20.3 Å². The van der Waals surface area contributed by atoms with Crippen molar-refractivity contribution in [3.8, 4) is 0 Å². The number of rotatable bonds is 2. The van der Waals surface area contributed by atoms with Crippen molar-refractivity contribution in [1.82, 2.24) is 4.90 Å². The second-order valence-corrected chi connectivity index (χ2v) is 5.76. The minimum atomic E-state index is 0.274. The maximum atomic E-state index is 11.6. The van der Waals surface area contributed by atoms with Crippen LogP contribution in [0.4, 0.5) is 0 Å². The molecule has 86 valence electrons. The van der Waals surface area contributed by atoms with Crippen molar-refractivity contribution >= 4 is 5.78 Å². The molecular formula is C13H23NO. The Hall–Kier alpha value is -0.370. The second-order valence-electron chi connectivity index (χ2n) is 5.76. The van der Waals surface area contributed by atoms with Gasteiger partial charge in [0, 0.05) is 30.5 Å². The van der Waals surface area contributed by atoms with Crippen molar-refractivity contribution in [2.45, 2.75) is 76.9 Å². The average molecular weight is 209 g/mol. The normalized spacial score (nSPS) is 33.1. The van der Waals surface area contributed by atoms with Crippen LogP contribution >= 0.6 is 0 Å². The van der Waals surface area contributed by atoms with Crippen LogP contribution in [-0.4, -0.2) is 28.3 Å². The summed E-state index contributed by atoms with van der Waals surface area (Å²) in [6.45, 7) is 6.91. The lowest BCUT2D eigenvalue weighted by Gasteiger charge is -2.53. The fourth-order valence-electron chi connectivity index (χ4n) is 3.35. The van der Waals surface area contributed by atoms with Gasteiger partial charge in [0.25, 0.3) is 0 Å². The van der Waals surface area contributed by atoms with Crippen LogP contribution in [0, 0.1) is 0 Å². The first-order valence-electron chi connectivity index (χ1n) is 6.34. The van der Waals surface area contributed by atoms with Crippen LogP contribution in [0.1, 0.15) is 59.3 Å². The molecule has 0 aromatic rings.